The van der Waals surface area contributed by atoms with Gasteiger partial charge in [-0.1, -0.05) is 43.3 Å². The van der Waals surface area contributed by atoms with Crippen LogP contribution in [-0.2, 0) is 16.6 Å². The highest BCUT2D eigenvalue weighted by Gasteiger charge is 2.38. The second kappa shape index (κ2) is 10.8. The summed E-state index contributed by atoms with van der Waals surface area (Å²) >= 11 is 0. The van der Waals surface area contributed by atoms with Gasteiger partial charge in [0.05, 0.1) is 6.61 Å². The number of sulfonamides is 1. The van der Waals surface area contributed by atoms with Gasteiger partial charge in [0.1, 0.15) is 22.6 Å². The molecule has 180 valence electrons. The van der Waals surface area contributed by atoms with E-state index < -0.39 is 16.1 Å². The maximum Gasteiger partial charge on any atom is 0.247 e. The van der Waals surface area contributed by atoms with E-state index in [0.717, 1.165) is 5.56 Å². The molecule has 0 fully saturated rings. The summed E-state index contributed by atoms with van der Waals surface area (Å²) in [5.74, 6) is -0.140. The third-order valence-corrected chi connectivity index (χ3v) is 7.96. The first-order valence-corrected chi connectivity index (χ1v) is 12.6. The molecule has 0 aromatic heterocycles. The summed E-state index contributed by atoms with van der Waals surface area (Å²) < 4.78 is 48.8. The quantitative estimate of drug-likeness (QED) is 0.659. The highest BCUT2D eigenvalue weighted by Crippen LogP contribution is 2.34. The van der Waals surface area contributed by atoms with E-state index in [1.165, 1.54) is 10.4 Å². The predicted octanol–water partition coefficient (Wildman–Crippen LogP) is 3.76. The topological polar surface area (TPSA) is 70.1 Å². The Labute approximate surface area is 196 Å². The van der Waals surface area contributed by atoms with Crippen molar-refractivity contribution in [2.24, 2.45) is 5.92 Å². The van der Waals surface area contributed by atoms with Gasteiger partial charge in [0.15, 0.2) is 0 Å². The summed E-state index contributed by atoms with van der Waals surface area (Å²) in [5, 5.41) is 9.74. The Morgan fingerprint density at radius 2 is 2.03 bits per heavy atom. The third kappa shape index (κ3) is 5.81. The molecule has 3 rings (SSSR count). The Morgan fingerprint density at radius 3 is 2.70 bits per heavy atom. The van der Waals surface area contributed by atoms with Gasteiger partial charge in [-0.3, -0.25) is 4.90 Å². The monoisotopic (exact) mass is 476 g/mol. The SMILES string of the molecule is C/C=C/c1ccc2c(c1)O[C@@H](CN(C)Cc1ccccc1F)[C@@H](C)CN([C@H](C)CO)S2(=O)=O. The zero-order valence-electron chi connectivity index (χ0n) is 19.6. The Balaban J connectivity index is 1.97. The van der Waals surface area contributed by atoms with Crippen molar-refractivity contribution in [2.75, 3.05) is 26.7 Å². The van der Waals surface area contributed by atoms with Crippen molar-refractivity contribution in [1.29, 1.82) is 0 Å². The highest BCUT2D eigenvalue weighted by molar-refractivity contribution is 7.89. The second-order valence-electron chi connectivity index (χ2n) is 8.73. The first kappa shape index (κ1) is 25.4. The van der Waals surface area contributed by atoms with Gasteiger partial charge in [0, 0.05) is 37.2 Å². The molecule has 0 bridgehead atoms. The van der Waals surface area contributed by atoms with Gasteiger partial charge in [0.25, 0.3) is 0 Å². The van der Waals surface area contributed by atoms with E-state index >= 15 is 0 Å². The lowest BCUT2D eigenvalue weighted by molar-refractivity contribution is 0.0731. The van der Waals surface area contributed by atoms with Crippen LogP contribution in [0.1, 0.15) is 31.9 Å². The van der Waals surface area contributed by atoms with E-state index in [9.17, 15) is 17.9 Å². The van der Waals surface area contributed by atoms with Gasteiger partial charge in [-0.15, -0.1) is 0 Å². The summed E-state index contributed by atoms with van der Waals surface area (Å²) in [6.45, 7) is 6.33. The minimum absolute atomic E-state index is 0.0877. The number of nitrogens with zero attached hydrogens (tertiary/aromatic N) is 2. The standard InChI is InChI=1S/C25H33FN2O4S/c1-5-8-20-11-12-25-23(13-20)32-24(16-27(4)15-21-9-6-7-10-22(21)26)18(2)14-28(19(3)17-29)33(25,30)31/h5-13,18-19,24,29H,14-17H2,1-4H3/b8-5+/t18-,19+,24-/m0/s1. The van der Waals surface area contributed by atoms with Gasteiger partial charge in [-0.25, -0.2) is 12.8 Å². The summed E-state index contributed by atoms with van der Waals surface area (Å²) in [5.41, 5.74) is 1.42. The summed E-state index contributed by atoms with van der Waals surface area (Å²) in [7, 11) is -1.97. The summed E-state index contributed by atoms with van der Waals surface area (Å²) in [4.78, 5) is 2.06. The number of ether oxygens (including phenoxy) is 1. The molecule has 0 unspecified atom stereocenters. The maximum atomic E-state index is 14.1. The molecule has 1 heterocycles. The van der Waals surface area contributed by atoms with Crippen LogP contribution < -0.4 is 4.74 Å². The number of fused-ring (bicyclic) bond motifs is 1. The average molecular weight is 477 g/mol. The first-order valence-electron chi connectivity index (χ1n) is 11.2. The van der Waals surface area contributed by atoms with E-state index in [-0.39, 0.29) is 41.6 Å². The van der Waals surface area contributed by atoms with Crippen molar-refractivity contribution in [3.63, 3.8) is 0 Å². The van der Waals surface area contributed by atoms with Crippen molar-refractivity contribution in [3.8, 4) is 5.75 Å². The van der Waals surface area contributed by atoms with Crippen LogP contribution in [0.4, 0.5) is 4.39 Å². The molecular formula is C25H33FN2O4S. The molecule has 3 atom stereocenters. The van der Waals surface area contributed by atoms with E-state index in [1.807, 2.05) is 37.9 Å². The van der Waals surface area contributed by atoms with E-state index in [1.54, 1.807) is 43.3 Å². The minimum atomic E-state index is -3.86. The Kier molecular flexibility index (Phi) is 8.28. The number of benzene rings is 2. The van der Waals surface area contributed by atoms with Gasteiger partial charge in [0.2, 0.25) is 10.0 Å². The number of likely N-dealkylation sites (N-methyl/N-ethyl adjacent to an activating group) is 1. The lowest BCUT2D eigenvalue weighted by Gasteiger charge is -2.37. The zero-order chi connectivity index (χ0) is 24.2. The molecular weight excluding hydrogens is 443 g/mol. The third-order valence-electron chi connectivity index (χ3n) is 5.94. The molecule has 1 aliphatic heterocycles. The molecule has 0 saturated carbocycles. The van der Waals surface area contributed by atoms with Gasteiger partial charge in [-0.2, -0.15) is 4.31 Å². The molecule has 0 aliphatic carbocycles. The lowest BCUT2D eigenvalue weighted by atomic mass is 10.0. The minimum Gasteiger partial charge on any atom is -0.487 e. The molecule has 0 amide bonds. The fraction of sp³-hybridized carbons (Fsp3) is 0.440. The largest absolute Gasteiger partial charge is 0.487 e. The number of rotatable bonds is 7. The molecule has 1 N–H and O–H groups in total. The van der Waals surface area contributed by atoms with Crippen molar-refractivity contribution in [1.82, 2.24) is 9.21 Å². The lowest BCUT2D eigenvalue weighted by Crippen LogP contribution is -2.49. The van der Waals surface area contributed by atoms with Crippen LogP contribution in [0.5, 0.6) is 5.75 Å². The van der Waals surface area contributed by atoms with Crippen LogP contribution in [0, 0.1) is 11.7 Å². The number of allylic oxidation sites excluding steroid dienone is 1. The number of aliphatic hydroxyl groups excluding tert-OH is 1. The molecule has 2 aromatic rings. The molecule has 0 radical (unpaired) electrons. The van der Waals surface area contributed by atoms with E-state index in [4.69, 9.17) is 4.74 Å². The van der Waals surface area contributed by atoms with Gasteiger partial charge in [-0.05, 0) is 44.7 Å². The molecule has 8 heteroatoms. The highest BCUT2D eigenvalue weighted by atomic mass is 32.2. The van der Waals surface area contributed by atoms with Crippen molar-refractivity contribution in [3.05, 3.63) is 65.5 Å². The first-order chi connectivity index (χ1) is 15.7. The predicted molar refractivity (Wildman–Crippen MR) is 128 cm³/mol. The fourth-order valence-corrected chi connectivity index (χ4v) is 5.87. The van der Waals surface area contributed by atoms with Gasteiger partial charge < -0.3 is 9.84 Å². The number of hydrogen-bond acceptors (Lipinski definition) is 5. The number of hydrogen-bond donors (Lipinski definition) is 1. The summed E-state index contributed by atoms with van der Waals surface area (Å²) in [6.07, 6.45) is 3.42. The average Bonchev–Trinajstić information content (AvgIpc) is 2.77. The molecule has 2 aromatic carbocycles. The van der Waals surface area contributed by atoms with Crippen molar-refractivity contribution >= 4 is 16.1 Å². The van der Waals surface area contributed by atoms with Crippen LogP contribution in [-0.4, -0.2) is 61.6 Å². The molecule has 0 spiro atoms. The normalized spacial score (nSPS) is 21.9. The molecule has 33 heavy (non-hydrogen) atoms. The van der Waals surface area contributed by atoms with Crippen LogP contribution in [0.15, 0.2) is 53.4 Å². The second-order valence-corrected chi connectivity index (χ2v) is 10.6. The van der Waals surface area contributed by atoms with Crippen molar-refractivity contribution in [2.45, 2.75) is 44.4 Å². The van der Waals surface area contributed by atoms with Crippen molar-refractivity contribution < 1.29 is 22.7 Å². The Bertz CT molecular complexity index is 1090. The molecule has 0 saturated heterocycles. The zero-order valence-corrected chi connectivity index (χ0v) is 20.4. The van der Waals surface area contributed by atoms with Gasteiger partial charge >= 0.3 is 0 Å². The maximum absolute atomic E-state index is 14.1. The fourth-order valence-electron chi connectivity index (χ4n) is 4.05. The van der Waals surface area contributed by atoms with E-state index in [2.05, 4.69) is 0 Å². The van der Waals surface area contributed by atoms with Crippen LogP contribution in [0.25, 0.3) is 6.08 Å². The number of halogens is 1. The number of aliphatic hydroxyl groups is 1. The van der Waals surface area contributed by atoms with Crippen LogP contribution in [0.2, 0.25) is 0 Å². The molecule has 6 nitrogen and oxygen atoms in total. The smallest absolute Gasteiger partial charge is 0.247 e. The Morgan fingerprint density at radius 1 is 1.30 bits per heavy atom. The summed E-state index contributed by atoms with van der Waals surface area (Å²) in [6, 6.07) is 11.1. The van der Waals surface area contributed by atoms with Crippen LogP contribution in [0.3, 0.4) is 0 Å². The van der Waals surface area contributed by atoms with E-state index in [0.29, 0.717) is 18.7 Å². The Hall–Kier alpha value is -2.26. The van der Waals surface area contributed by atoms with Crippen LogP contribution >= 0.6 is 0 Å². The molecule has 1 aliphatic rings.